The molecule has 29 heavy (non-hydrogen) atoms. The average Bonchev–Trinajstić information content (AvgIpc) is 3.38. The summed E-state index contributed by atoms with van der Waals surface area (Å²) in [5, 5.41) is 8.20. The molecule has 0 bridgehead atoms. The normalized spacial score (nSPS) is 18.2. The van der Waals surface area contributed by atoms with E-state index < -0.39 is 26.7 Å². The van der Waals surface area contributed by atoms with Crippen molar-refractivity contribution < 1.29 is 21.6 Å². The van der Waals surface area contributed by atoms with E-state index in [1.165, 1.54) is 12.1 Å². The smallest absolute Gasteiger partial charge is 0.247 e. The maximum Gasteiger partial charge on any atom is 0.417 e. The van der Waals surface area contributed by atoms with Crippen LogP contribution < -0.4 is 0 Å². The average molecular weight is 422 g/mol. The standard InChI is InChI=1S/C19H17F3N4O2S/c20-19(21,22)16-8-4-5-9-18(16)29(27,28)25-11-10-15(12-25)26-13-17(23-24-26)14-6-2-1-3-7-14/h1-9,13,15H,10-12H2. The van der Waals surface area contributed by atoms with Gasteiger partial charge in [-0.25, -0.2) is 13.1 Å². The summed E-state index contributed by atoms with van der Waals surface area (Å²) in [5.74, 6) is 0. The second-order valence-electron chi connectivity index (χ2n) is 6.75. The van der Waals surface area contributed by atoms with Crippen LogP contribution in [0.4, 0.5) is 13.2 Å². The van der Waals surface area contributed by atoms with E-state index in [1.807, 2.05) is 30.3 Å². The van der Waals surface area contributed by atoms with Crippen LogP contribution in [0, 0.1) is 0 Å². The number of aromatic nitrogens is 3. The van der Waals surface area contributed by atoms with Gasteiger partial charge in [0.05, 0.1) is 22.7 Å². The molecule has 1 saturated heterocycles. The molecule has 2 aromatic carbocycles. The number of nitrogens with zero attached hydrogens (tertiary/aromatic N) is 4. The SMILES string of the molecule is O=S(=O)(c1ccccc1C(F)(F)F)N1CCC(n2cc(-c3ccccc3)nn2)C1. The number of rotatable bonds is 4. The Morgan fingerprint density at radius 1 is 1.00 bits per heavy atom. The second-order valence-corrected chi connectivity index (χ2v) is 8.66. The van der Waals surface area contributed by atoms with E-state index in [9.17, 15) is 21.6 Å². The Bertz CT molecular complexity index is 1110. The van der Waals surface area contributed by atoms with Crippen LogP contribution in [-0.4, -0.2) is 40.8 Å². The highest BCUT2D eigenvalue weighted by Gasteiger charge is 2.41. The Hall–Kier alpha value is -2.72. The topological polar surface area (TPSA) is 68.1 Å². The zero-order valence-electron chi connectivity index (χ0n) is 15.1. The van der Waals surface area contributed by atoms with Crippen LogP contribution in [0.5, 0.6) is 0 Å². The third-order valence-electron chi connectivity index (χ3n) is 4.89. The third kappa shape index (κ3) is 3.77. The predicted octanol–water partition coefficient (Wildman–Crippen LogP) is 3.60. The van der Waals surface area contributed by atoms with Gasteiger partial charge in [0, 0.05) is 18.7 Å². The van der Waals surface area contributed by atoms with Crippen molar-refractivity contribution in [3.63, 3.8) is 0 Å². The summed E-state index contributed by atoms with van der Waals surface area (Å²) in [6.07, 6.45) is -2.59. The summed E-state index contributed by atoms with van der Waals surface area (Å²) in [7, 11) is -4.29. The molecule has 2 heterocycles. The first kappa shape index (κ1) is 19.6. The molecule has 4 rings (SSSR count). The summed E-state index contributed by atoms with van der Waals surface area (Å²) in [5.41, 5.74) is 0.366. The van der Waals surface area contributed by atoms with E-state index in [-0.39, 0.29) is 19.1 Å². The minimum Gasteiger partial charge on any atom is -0.247 e. The van der Waals surface area contributed by atoms with Crippen LogP contribution in [0.15, 0.2) is 65.7 Å². The van der Waals surface area contributed by atoms with E-state index in [0.717, 1.165) is 22.0 Å². The minimum atomic E-state index is -4.75. The van der Waals surface area contributed by atoms with Gasteiger partial charge in [0.2, 0.25) is 10.0 Å². The van der Waals surface area contributed by atoms with Crippen molar-refractivity contribution >= 4 is 10.0 Å². The molecule has 0 spiro atoms. The zero-order chi connectivity index (χ0) is 20.6. The van der Waals surface area contributed by atoms with Gasteiger partial charge < -0.3 is 0 Å². The Kier molecular flexibility index (Phi) is 4.91. The summed E-state index contributed by atoms with van der Waals surface area (Å²) < 4.78 is 68.2. The third-order valence-corrected chi connectivity index (χ3v) is 6.81. The summed E-state index contributed by atoms with van der Waals surface area (Å²) >= 11 is 0. The monoisotopic (exact) mass is 422 g/mol. The lowest BCUT2D eigenvalue weighted by Crippen LogP contribution is -2.31. The van der Waals surface area contributed by atoms with Crippen molar-refractivity contribution in [1.29, 1.82) is 0 Å². The molecule has 0 saturated carbocycles. The summed E-state index contributed by atoms with van der Waals surface area (Å²) in [4.78, 5) is -0.725. The molecular weight excluding hydrogens is 405 g/mol. The fourth-order valence-electron chi connectivity index (χ4n) is 3.41. The van der Waals surface area contributed by atoms with Crippen molar-refractivity contribution in [2.24, 2.45) is 0 Å². The number of alkyl halides is 3. The molecule has 1 atom stereocenters. The van der Waals surface area contributed by atoms with E-state index >= 15 is 0 Å². The van der Waals surface area contributed by atoms with Gasteiger partial charge in [-0.2, -0.15) is 17.5 Å². The Balaban J connectivity index is 1.57. The summed E-state index contributed by atoms with van der Waals surface area (Å²) in [6, 6.07) is 13.3. The van der Waals surface area contributed by atoms with Crippen molar-refractivity contribution in [2.45, 2.75) is 23.5 Å². The van der Waals surface area contributed by atoms with Gasteiger partial charge in [0.15, 0.2) is 0 Å². The van der Waals surface area contributed by atoms with Gasteiger partial charge in [0.1, 0.15) is 5.69 Å². The molecule has 1 aliphatic heterocycles. The van der Waals surface area contributed by atoms with Crippen molar-refractivity contribution in [3.05, 3.63) is 66.4 Å². The second kappa shape index (κ2) is 7.27. The molecule has 0 N–H and O–H groups in total. The quantitative estimate of drug-likeness (QED) is 0.644. The summed E-state index contributed by atoms with van der Waals surface area (Å²) in [6.45, 7) is 0.145. The molecule has 1 aliphatic rings. The van der Waals surface area contributed by atoms with Crippen LogP contribution in [0.25, 0.3) is 11.3 Å². The predicted molar refractivity (Wildman–Crippen MR) is 99.3 cm³/mol. The van der Waals surface area contributed by atoms with Gasteiger partial charge in [-0.1, -0.05) is 47.7 Å². The maximum absolute atomic E-state index is 13.3. The molecule has 1 aromatic heterocycles. The van der Waals surface area contributed by atoms with E-state index in [2.05, 4.69) is 10.3 Å². The van der Waals surface area contributed by atoms with Crippen LogP contribution >= 0.6 is 0 Å². The van der Waals surface area contributed by atoms with Crippen LogP contribution in [-0.2, 0) is 16.2 Å². The molecule has 6 nitrogen and oxygen atoms in total. The number of benzene rings is 2. The van der Waals surface area contributed by atoms with E-state index in [4.69, 9.17) is 0 Å². The Morgan fingerprint density at radius 2 is 1.69 bits per heavy atom. The van der Waals surface area contributed by atoms with Crippen LogP contribution in [0.2, 0.25) is 0 Å². The fourth-order valence-corrected chi connectivity index (χ4v) is 5.11. The van der Waals surface area contributed by atoms with Gasteiger partial charge in [-0.05, 0) is 18.6 Å². The van der Waals surface area contributed by atoms with Crippen molar-refractivity contribution in [2.75, 3.05) is 13.1 Å². The van der Waals surface area contributed by atoms with Gasteiger partial charge >= 0.3 is 6.18 Å². The van der Waals surface area contributed by atoms with Gasteiger partial charge in [-0.3, -0.25) is 0 Å². The lowest BCUT2D eigenvalue weighted by atomic mass is 10.2. The van der Waals surface area contributed by atoms with E-state index in [0.29, 0.717) is 12.1 Å². The highest BCUT2D eigenvalue weighted by Crippen LogP contribution is 2.36. The lowest BCUT2D eigenvalue weighted by Gasteiger charge is -2.19. The number of hydrogen-bond donors (Lipinski definition) is 0. The molecule has 0 amide bonds. The zero-order valence-corrected chi connectivity index (χ0v) is 15.9. The van der Waals surface area contributed by atoms with Crippen LogP contribution in [0.1, 0.15) is 18.0 Å². The number of hydrogen-bond acceptors (Lipinski definition) is 4. The van der Waals surface area contributed by atoms with Crippen LogP contribution in [0.3, 0.4) is 0 Å². The molecule has 10 heteroatoms. The van der Waals surface area contributed by atoms with Crippen molar-refractivity contribution in [1.82, 2.24) is 19.3 Å². The molecule has 152 valence electrons. The highest BCUT2D eigenvalue weighted by atomic mass is 32.2. The molecule has 3 aromatic rings. The highest BCUT2D eigenvalue weighted by molar-refractivity contribution is 7.89. The van der Waals surface area contributed by atoms with Crippen molar-refractivity contribution in [3.8, 4) is 11.3 Å². The molecule has 0 aliphatic carbocycles. The first-order chi connectivity index (χ1) is 13.8. The molecular formula is C19H17F3N4O2S. The van der Waals surface area contributed by atoms with Gasteiger partial charge in [0.25, 0.3) is 0 Å². The number of halogens is 3. The maximum atomic E-state index is 13.3. The van der Waals surface area contributed by atoms with E-state index in [1.54, 1.807) is 10.9 Å². The molecule has 0 radical (unpaired) electrons. The first-order valence-corrected chi connectivity index (χ1v) is 10.3. The lowest BCUT2D eigenvalue weighted by molar-refractivity contribution is -0.139. The first-order valence-electron chi connectivity index (χ1n) is 8.90. The Labute approximate surface area is 165 Å². The molecule has 1 fully saturated rings. The minimum absolute atomic E-state index is 0.0338. The molecule has 1 unspecified atom stereocenters. The Morgan fingerprint density at radius 3 is 2.41 bits per heavy atom. The fraction of sp³-hybridized carbons (Fsp3) is 0.263. The largest absolute Gasteiger partial charge is 0.417 e. The number of sulfonamides is 1. The van der Waals surface area contributed by atoms with Gasteiger partial charge in [-0.15, -0.1) is 5.10 Å².